The Morgan fingerprint density at radius 2 is 2.08 bits per heavy atom. The molecule has 1 amide bonds. The molecule has 1 heterocycles. The van der Waals surface area contributed by atoms with Crippen LogP contribution in [0.3, 0.4) is 0 Å². The smallest absolute Gasteiger partial charge is 0.405 e. The van der Waals surface area contributed by atoms with E-state index in [2.05, 4.69) is 21.2 Å². The summed E-state index contributed by atoms with van der Waals surface area (Å²) in [5.41, 5.74) is 0. The van der Waals surface area contributed by atoms with E-state index in [1.54, 1.807) is 6.92 Å². The van der Waals surface area contributed by atoms with Crippen molar-refractivity contribution in [1.29, 1.82) is 0 Å². The molecule has 1 aromatic rings. The Kier molecular flexibility index (Phi) is 7.55. The number of hydrogen-bond acceptors (Lipinski definition) is 4. The zero-order chi connectivity index (χ0) is 18.2. The quantitative estimate of drug-likeness (QED) is 0.568. The van der Waals surface area contributed by atoms with Crippen molar-refractivity contribution < 1.29 is 24.2 Å². The number of esters is 1. The van der Waals surface area contributed by atoms with Gasteiger partial charge in [0.25, 0.3) is 0 Å². The SMILES string of the molecule is C[C@@H]1OC(=O)[C@@H](NC(=O)O)CCC[C@H](CCBr)[C@H]1Oc1ccccc1. The van der Waals surface area contributed by atoms with Crippen LogP contribution in [0.25, 0.3) is 0 Å². The molecule has 0 bridgehead atoms. The molecule has 0 saturated carbocycles. The van der Waals surface area contributed by atoms with E-state index in [1.165, 1.54) is 0 Å². The topological polar surface area (TPSA) is 84.9 Å². The molecule has 2 N–H and O–H groups in total. The number of amides is 1. The Morgan fingerprint density at radius 3 is 2.72 bits per heavy atom. The van der Waals surface area contributed by atoms with Crippen LogP contribution < -0.4 is 10.1 Å². The molecular weight excluding hydrogens is 390 g/mol. The largest absolute Gasteiger partial charge is 0.486 e. The molecule has 7 heteroatoms. The number of cyclic esters (lactones) is 1. The number of nitrogens with one attached hydrogen (secondary N) is 1. The molecule has 0 aromatic heterocycles. The van der Waals surface area contributed by atoms with Gasteiger partial charge < -0.3 is 19.9 Å². The summed E-state index contributed by atoms with van der Waals surface area (Å²) in [6.07, 6.45) is 0.884. The van der Waals surface area contributed by atoms with Gasteiger partial charge >= 0.3 is 12.1 Å². The summed E-state index contributed by atoms with van der Waals surface area (Å²) in [6, 6.07) is 8.63. The third-order valence-electron chi connectivity index (χ3n) is 4.37. The van der Waals surface area contributed by atoms with Gasteiger partial charge in [0.2, 0.25) is 0 Å². The molecule has 0 unspecified atom stereocenters. The fraction of sp³-hybridized carbons (Fsp3) is 0.556. The number of rotatable bonds is 5. The summed E-state index contributed by atoms with van der Waals surface area (Å²) in [5, 5.41) is 12.0. The van der Waals surface area contributed by atoms with Crippen molar-refractivity contribution in [3.8, 4) is 5.75 Å². The second kappa shape index (κ2) is 9.65. The molecule has 1 saturated heterocycles. The average molecular weight is 414 g/mol. The molecule has 4 atom stereocenters. The van der Waals surface area contributed by atoms with Gasteiger partial charge in [-0.15, -0.1) is 0 Å². The van der Waals surface area contributed by atoms with E-state index >= 15 is 0 Å². The molecule has 1 aliphatic rings. The minimum Gasteiger partial charge on any atom is -0.486 e. The molecule has 6 nitrogen and oxygen atoms in total. The van der Waals surface area contributed by atoms with Crippen molar-refractivity contribution in [2.24, 2.45) is 5.92 Å². The van der Waals surface area contributed by atoms with Crippen LogP contribution in [0.1, 0.15) is 32.6 Å². The normalized spacial score (nSPS) is 27.4. The average Bonchev–Trinajstić information content (AvgIpc) is 2.62. The number of alkyl halides is 1. The van der Waals surface area contributed by atoms with Gasteiger partial charge in [0.15, 0.2) is 0 Å². The Bertz CT molecular complexity index is 568. The van der Waals surface area contributed by atoms with Crippen molar-refractivity contribution in [2.45, 2.75) is 50.9 Å². The number of halogens is 1. The van der Waals surface area contributed by atoms with Crippen LogP contribution in [0, 0.1) is 5.92 Å². The molecule has 0 spiro atoms. The second-order valence-electron chi connectivity index (χ2n) is 6.21. The lowest BCUT2D eigenvalue weighted by Gasteiger charge is -2.31. The summed E-state index contributed by atoms with van der Waals surface area (Å²) in [6.45, 7) is 1.80. The van der Waals surface area contributed by atoms with E-state index in [4.69, 9.17) is 14.6 Å². The van der Waals surface area contributed by atoms with E-state index in [9.17, 15) is 9.59 Å². The Balaban J connectivity index is 2.18. The van der Waals surface area contributed by atoms with Gasteiger partial charge in [0.05, 0.1) is 0 Å². The number of carboxylic acid groups (broad SMARTS) is 1. The van der Waals surface area contributed by atoms with Crippen molar-refractivity contribution in [3.05, 3.63) is 30.3 Å². The third kappa shape index (κ3) is 5.92. The molecule has 2 rings (SSSR count). The van der Waals surface area contributed by atoms with Gasteiger partial charge in [0.1, 0.15) is 24.0 Å². The highest BCUT2D eigenvalue weighted by atomic mass is 79.9. The number of benzene rings is 1. The Hall–Kier alpha value is -1.76. The van der Waals surface area contributed by atoms with Crippen LogP contribution in [0.5, 0.6) is 5.75 Å². The fourth-order valence-electron chi connectivity index (χ4n) is 3.16. The molecule has 138 valence electrons. The third-order valence-corrected chi connectivity index (χ3v) is 4.83. The van der Waals surface area contributed by atoms with E-state index in [1.807, 2.05) is 30.3 Å². The lowest BCUT2D eigenvalue weighted by atomic mass is 9.90. The van der Waals surface area contributed by atoms with Crippen LogP contribution in [0.4, 0.5) is 4.79 Å². The predicted molar refractivity (Wildman–Crippen MR) is 97.1 cm³/mol. The maximum absolute atomic E-state index is 12.3. The minimum absolute atomic E-state index is 0.200. The maximum Gasteiger partial charge on any atom is 0.405 e. The molecule has 0 aliphatic carbocycles. The molecule has 1 fully saturated rings. The highest BCUT2D eigenvalue weighted by molar-refractivity contribution is 9.09. The number of hydrogen-bond donors (Lipinski definition) is 2. The summed E-state index contributed by atoms with van der Waals surface area (Å²) >= 11 is 3.49. The van der Waals surface area contributed by atoms with Gasteiger partial charge in [-0.3, -0.25) is 0 Å². The molecule has 1 aliphatic heterocycles. The summed E-state index contributed by atoms with van der Waals surface area (Å²) < 4.78 is 11.7. The van der Waals surface area contributed by atoms with Crippen molar-refractivity contribution in [1.82, 2.24) is 5.32 Å². The first-order valence-electron chi connectivity index (χ1n) is 8.49. The zero-order valence-corrected chi connectivity index (χ0v) is 15.8. The number of carbonyl (C=O) groups excluding carboxylic acids is 1. The molecule has 0 radical (unpaired) electrons. The summed E-state index contributed by atoms with van der Waals surface area (Å²) in [4.78, 5) is 23.2. The van der Waals surface area contributed by atoms with Crippen molar-refractivity contribution in [2.75, 3.05) is 5.33 Å². The standard InChI is InChI=1S/C18H24BrNO5/c1-12-16(25-14-7-3-2-4-8-14)13(10-11-19)6-5-9-15(17(21)24-12)20-18(22)23/h2-4,7-8,12-13,15-16,20H,5-6,9-11H2,1H3,(H,22,23)/t12-,13+,15-,16-/m0/s1. The number of ether oxygens (including phenoxy) is 2. The summed E-state index contributed by atoms with van der Waals surface area (Å²) in [7, 11) is 0. The van der Waals surface area contributed by atoms with Crippen LogP contribution in [0.15, 0.2) is 30.3 Å². The lowest BCUT2D eigenvalue weighted by molar-refractivity contribution is -0.156. The van der Waals surface area contributed by atoms with E-state index in [0.29, 0.717) is 6.42 Å². The number of para-hydroxylation sites is 1. The van der Waals surface area contributed by atoms with Crippen LogP contribution >= 0.6 is 15.9 Å². The monoisotopic (exact) mass is 413 g/mol. The Morgan fingerprint density at radius 1 is 1.36 bits per heavy atom. The first-order valence-corrected chi connectivity index (χ1v) is 9.61. The summed E-state index contributed by atoms with van der Waals surface area (Å²) in [5.74, 6) is 0.386. The number of carbonyl (C=O) groups is 2. The highest BCUT2D eigenvalue weighted by Gasteiger charge is 2.35. The van der Waals surface area contributed by atoms with Crippen LogP contribution in [0.2, 0.25) is 0 Å². The van der Waals surface area contributed by atoms with Crippen molar-refractivity contribution >= 4 is 28.0 Å². The zero-order valence-electron chi connectivity index (χ0n) is 14.2. The first-order chi connectivity index (χ1) is 12.0. The highest BCUT2D eigenvalue weighted by Crippen LogP contribution is 2.28. The minimum atomic E-state index is -1.22. The van der Waals surface area contributed by atoms with Gasteiger partial charge in [-0.2, -0.15) is 0 Å². The molecule has 1 aromatic carbocycles. The second-order valence-corrected chi connectivity index (χ2v) is 7.00. The Labute approximate surface area is 156 Å². The van der Waals surface area contributed by atoms with Crippen LogP contribution in [-0.2, 0) is 9.53 Å². The first kappa shape index (κ1) is 19.6. The van der Waals surface area contributed by atoms with Gasteiger partial charge in [0, 0.05) is 11.2 Å². The maximum atomic E-state index is 12.3. The molecule has 25 heavy (non-hydrogen) atoms. The van der Waals surface area contributed by atoms with E-state index in [-0.39, 0.29) is 12.0 Å². The van der Waals surface area contributed by atoms with E-state index in [0.717, 1.165) is 30.3 Å². The fourth-order valence-corrected chi connectivity index (χ4v) is 3.75. The van der Waals surface area contributed by atoms with Gasteiger partial charge in [-0.25, -0.2) is 9.59 Å². The lowest BCUT2D eigenvalue weighted by Crippen LogP contribution is -2.44. The predicted octanol–water partition coefficient (Wildman–Crippen LogP) is 3.59. The van der Waals surface area contributed by atoms with Crippen molar-refractivity contribution in [3.63, 3.8) is 0 Å². The van der Waals surface area contributed by atoms with Gasteiger partial charge in [-0.1, -0.05) is 40.5 Å². The van der Waals surface area contributed by atoms with Crippen LogP contribution in [-0.4, -0.2) is 40.7 Å². The molecular formula is C18H24BrNO5. The van der Waals surface area contributed by atoms with E-state index < -0.39 is 24.2 Å². The van der Waals surface area contributed by atoms with Gasteiger partial charge in [-0.05, 0) is 38.3 Å².